The van der Waals surface area contributed by atoms with Gasteiger partial charge in [-0.1, -0.05) is 54.6 Å². The second kappa shape index (κ2) is 9.16. The van der Waals surface area contributed by atoms with Crippen molar-refractivity contribution in [3.8, 4) is 5.75 Å². The van der Waals surface area contributed by atoms with Crippen LogP contribution in [0.4, 0.5) is 10.1 Å². The predicted octanol–water partition coefficient (Wildman–Crippen LogP) is 5.39. The van der Waals surface area contributed by atoms with Crippen LogP contribution in [0.2, 0.25) is 0 Å². The molecule has 202 valence electrons. The summed E-state index contributed by atoms with van der Waals surface area (Å²) in [6, 6.07) is 26.9. The molecule has 0 radical (unpaired) electrons. The first-order valence-electron chi connectivity index (χ1n) is 13.1. The Hall–Kier alpha value is -5.24. The van der Waals surface area contributed by atoms with Crippen molar-refractivity contribution < 1.29 is 23.1 Å². The zero-order valence-corrected chi connectivity index (χ0v) is 22.0. The van der Waals surface area contributed by atoms with Gasteiger partial charge < -0.3 is 19.0 Å². The first-order valence-corrected chi connectivity index (χ1v) is 13.1. The van der Waals surface area contributed by atoms with Crippen molar-refractivity contribution in [3.63, 3.8) is 0 Å². The van der Waals surface area contributed by atoms with Crippen LogP contribution in [0.25, 0.3) is 11.0 Å². The van der Waals surface area contributed by atoms with E-state index in [0.29, 0.717) is 22.6 Å². The molecule has 2 aliphatic rings. The number of carbonyl (C=O) groups excluding carboxylic acids is 2. The number of halogens is 1. The maximum atomic E-state index is 14.8. The standard InChI is InChI=1S/C33H23FN2O5/c1-40-23-16-12-21(13-17-23)19-36-31(38)30-28(29(37)24-6-2-5-9-27(24)41-30)33(36)25-7-3-4-8-26(25)35(32(33)39)18-20-10-14-22(34)15-11-20/h2-17H,18-19H2,1H3. The molecule has 2 amide bonds. The molecule has 0 N–H and O–H groups in total. The highest BCUT2D eigenvalue weighted by atomic mass is 19.1. The fourth-order valence-electron chi connectivity index (χ4n) is 6.00. The highest BCUT2D eigenvalue weighted by Gasteiger charge is 2.64. The van der Waals surface area contributed by atoms with E-state index in [9.17, 15) is 18.8 Å². The van der Waals surface area contributed by atoms with Crippen molar-refractivity contribution in [1.82, 2.24) is 4.90 Å². The van der Waals surface area contributed by atoms with Gasteiger partial charge in [-0.05, 0) is 53.6 Å². The van der Waals surface area contributed by atoms with Gasteiger partial charge >= 0.3 is 0 Å². The lowest BCUT2D eigenvalue weighted by Crippen LogP contribution is -2.52. The fraction of sp³-hybridized carbons (Fsp3) is 0.121. The third-order valence-corrected chi connectivity index (χ3v) is 7.90. The number of hydrogen-bond acceptors (Lipinski definition) is 5. The summed E-state index contributed by atoms with van der Waals surface area (Å²) in [5, 5.41) is 0.284. The molecule has 7 rings (SSSR count). The van der Waals surface area contributed by atoms with Crippen LogP contribution in [-0.2, 0) is 23.4 Å². The number of benzene rings is 4. The van der Waals surface area contributed by atoms with Gasteiger partial charge in [0.25, 0.3) is 11.8 Å². The van der Waals surface area contributed by atoms with E-state index in [1.807, 2.05) is 12.1 Å². The minimum Gasteiger partial charge on any atom is -0.497 e. The van der Waals surface area contributed by atoms with Crippen molar-refractivity contribution in [2.75, 3.05) is 12.0 Å². The quantitative estimate of drug-likeness (QED) is 0.296. The zero-order valence-electron chi connectivity index (χ0n) is 22.0. The summed E-state index contributed by atoms with van der Waals surface area (Å²) < 4.78 is 25.0. The van der Waals surface area contributed by atoms with Gasteiger partial charge in [0.15, 0.2) is 11.0 Å². The molecule has 0 bridgehead atoms. The largest absolute Gasteiger partial charge is 0.497 e. The average Bonchev–Trinajstić information content (AvgIpc) is 3.39. The lowest BCUT2D eigenvalue weighted by molar-refractivity contribution is -0.126. The van der Waals surface area contributed by atoms with E-state index >= 15 is 0 Å². The Balaban J connectivity index is 1.48. The number of methoxy groups -OCH3 is 1. The normalized spacial score (nSPS) is 17.4. The number of fused-ring (bicyclic) bond motifs is 5. The van der Waals surface area contributed by atoms with Gasteiger partial charge in [-0.15, -0.1) is 0 Å². The molecule has 41 heavy (non-hydrogen) atoms. The second-order valence-electron chi connectivity index (χ2n) is 10.1. The van der Waals surface area contributed by atoms with Crippen molar-refractivity contribution in [2.24, 2.45) is 0 Å². The summed E-state index contributed by atoms with van der Waals surface area (Å²) in [7, 11) is 1.57. The molecule has 2 aliphatic heterocycles. The van der Waals surface area contributed by atoms with E-state index in [-0.39, 0.29) is 41.2 Å². The van der Waals surface area contributed by atoms with Gasteiger partial charge in [0.05, 0.1) is 30.3 Å². The van der Waals surface area contributed by atoms with E-state index in [1.54, 1.807) is 84.8 Å². The van der Waals surface area contributed by atoms with Crippen molar-refractivity contribution >= 4 is 28.5 Å². The fourth-order valence-corrected chi connectivity index (χ4v) is 6.00. The molecule has 8 heteroatoms. The van der Waals surface area contributed by atoms with Gasteiger partial charge in [0.2, 0.25) is 5.76 Å². The van der Waals surface area contributed by atoms with E-state index in [0.717, 1.165) is 5.56 Å². The number of rotatable bonds is 5. The summed E-state index contributed by atoms with van der Waals surface area (Å²) in [5.41, 5.74) is 0.605. The lowest BCUT2D eigenvalue weighted by Gasteiger charge is -2.34. The molecule has 0 aliphatic carbocycles. The van der Waals surface area contributed by atoms with Crippen molar-refractivity contribution in [2.45, 2.75) is 18.6 Å². The predicted molar refractivity (Wildman–Crippen MR) is 150 cm³/mol. The number of hydrogen-bond donors (Lipinski definition) is 0. The Bertz CT molecular complexity index is 1920. The molecule has 0 saturated heterocycles. The second-order valence-corrected chi connectivity index (χ2v) is 10.1. The maximum Gasteiger partial charge on any atom is 0.291 e. The molecule has 7 nitrogen and oxygen atoms in total. The molecular weight excluding hydrogens is 523 g/mol. The zero-order chi connectivity index (χ0) is 28.3. The number of para-hydroxylation sites is 2. The Kier molecular flexibility index (Phi) is 5.54. The van der Waals surface area contributed by atoms with Crippen LogP contribution in [0.5, 0.6) is 5.75 Å². The summed E-state index contributed by atoms with van der Waals surface area (Å²) in [6.07, 6.45) is 0. The van der Waals surface area contributed by atoms with Crippen LogP contribution in [0.15, 0.2) is 106 Å². The number of ether oxygens (including phenoxy) is 1. The minimum absolute atomic E-state index is 0.00812. The number of nitrogens with zero attached hydrogens (tertiary/aromatic N) is 2. The molecule has 0 saturated carbocycles. The number of amides is 2. The Morgan fingerprint density at radius 3 is 2.22 bits per heavy atom. The molecule has 1 spiro atoms. The van der Waals surface area contributed by atoms with Crippen LogP contribution >= 0.6 is 0 Å². The van der Waals surface area contributed by atoms with E-state index < -0.39 is 22.8 Å². The summed E-state index contributed by atoms with van der Waals surface area (Å²) in [5.74, 6) is -0.884. The lowest BCUT2D eigenvalue weighted by atomic mass is 9.83. The third-order valence-electron chi connectivity index (χ3n) is 7.90. The van der Waals surface area contributed by atoms with Gasteiger partial charge in [-0.2, -0.15) is 0 Å². The molecule has 1 atom stereocenters. The molecule has 5 aromatic rings. The topological polar surface area (TPSA) is 80.1 Å². The Morgan fingerprint density at radius 1 is 0.805 bits per heavy atom. The molecular formula is C33H23FN2O5. The monoisotopic (exact) mass is 546 g/mol. The maximum absolute atomic E-state index is 14.8. The smallest absolute Gasteiger partial charge is 0.291 e. The average molecular weight is 547 g/mol. The highest BCUT2D eigenvalue weighted by Crippen LogP contribution is 2.53. The molecule has 3 heterocycles. The van der Waals surface area contributed by atoms with E-state index in [4.69, 9.17) is 9.15 Å². The molecule has 0 fully saturated rings. The van der Waals surface area contributed by atoms with Crippen LogP contribution in [-0.4, -0.2) is 23.8 Å². The van der Waals surface area contributed by atoms with Crippen LogP contribution in [0.1, 0.15) is 32.8 Å². The molecule has 1 unspecified atom stereocenters. The Morgan fingerprint density at radius 2 is 1.46 bits per heavy atom. The number of anilines is 1. The summed E-state index contributed by atoms with van der Waals surface area (Å²) in [4.78, 5) is 46.2. The van der Waals surface area contributed by atoms with Crippen LogP contribution in [0, 0.1) is 5.82 Å². The SMILES string of the molecule is COc1ccc(CN2C(=O)c3oc4ccccc4c(=O)c3C23C(=O)N(Cc2ccc(F)cc2)c2ccccc23)cc1. The third kappa shape index (κ3) is 3.53. The van der Waals surface area contributed by atoms with Crippen molar-refractivity contribution in [3.05, 3.63) is 141 Å². The Labute approximate surface area is 234 Å². The summed E-state index contributed by atoms with van der Waals surface area (Å²) >= 11 is 0. The highest BCUT2D eigenvalue weighted by molar-refractivity contribution is 6.17. The first-order chi connectivity index (χ1) is 19.9. The van der Waals surface area contributed by atoms with Gasteiger partial charge in [-0.3, -0.25) is 14.4 Å². The summed E-state index contributed by atoms with van der Waals surface area (Å²) in [6.45, 7) is 0.157. The van der Waals surface area contributed by atoms with Crippen molar-refractivity contribution in [1.29, 1.82) is 0 Å². The van der Waals surface area contributed by atoms with Crippen LogP contribution in [0.3, 0.4) is 0 Å². The molecule has 4 aromatic carbocycles. The van der Waals surface area contributed by atoms with E-state index in [2.05, 4.69) is 0 Å². The minimum atomic E-state index is -1.76. The van der Waals surface area contributed by atoms with Gasteiger partial charge in [0, 0.05) is 12.1 Å². The van der Waals surface area contributed by atoms with Crippen LogP contribution < -0.4 is 15.1 Å². The molecule has 1 aromatic heterocycles. The van der Waals surface area contributed by atoms with Gasteiger partial charge in [-0.25, -0.2) is 4.39 Å². The first kappa shape index (κ1) is 24.8. The van der Waals surface area contributed by atoms with E-state index in [1.165, 1.54) is 17.0 Å². The van der Waals surface area contributed by atoms with Gasteiger partial charge in [0.1, 0.15) is 17.1 Å². The number of carbonyl (C=O) groups is 2.